The summed E-state index contributed by atoms with van der Waals surface area (Å²) in [5.74, 6) is -0.112. The van der Waals surface area contributed by atoms with Gasteiger partial charge in [-0.3, -0.25) is 19.7 Å². The third-order valence-corrected chi connectivity index (χ3v) is 5.74. The molecular formula is C22H24ClN3O4. The molecule has 2 aromatic carbocycles. The average Bonchev–Trinajstić information content (AvgIpc) is 2.73. The first-order valence-electron chi connectivity index (χ1n) is 9.83. The van der Waals surface area contributed by atoms with Crippen molar-refractivity contribution in [1.29, 1.82) is 0 Å². The molecule has 0 saturated carbocycles. The Labute approximate surface area is 180 Å². The van der Waals surface area contributed by atoms with Crippen molar-refractivity contribution in [1.82, 2.24) is 4.90 Å². The maximum absolute atomic E-state index is 12.5. The molecule has 0 bridgehead atoms. The molecule has 8 heteroatoms. The maximum Gasteiger partial charge on any atom is 0.294 e. The maximum atomic E-state index is 12.5. The topological polar surface area (TPSA) is 83.8 Å². The van der Waals surface area contributed by atoms with Crippen molar-refractivity contribution in [2.75, 3.05) is 31.1 Å². The number of piperazine rings is 1. The first-order chi connectivity index (χ1) is 14.3. The third-order valence-electron chi connectivity index (χ3n) is 5.50. The molecule has 2 aromatic rings. The summed E-state index contributed by atoms with van der Waals surface area (Å²) in [6.07, 6.45) is 0.330. The lowest BCUT2D eigenvalue weighted by Crippen LogP contribution is -2.49. The van der Waals surface area contributed by atoms with Gasteiger partial charge < -0.3 is 9.80 Å². The molecule has 3 rings (SSSR count). The lowest BCUT2D eigenvalue weighted by molar-refractivity contribution is -0.384. The van der Waals surface area contributed by atoms with Crippen LogP contribution in [0.4, 0.5) is 11.4 Å². The van der Waals surface area contributed by atoms with Gasteiger partial charge in [-0.25, -0.2) is 0 Å². The Morgan fingerprint density at radius 1 is 1.00 bits per heavy atom. The lowest BCUT2D eigenvalue weighted by atomic mass is 10.0. The van der Waals surface area contributed by atoms with E-state index >= 15 is 0 Å². The summed E-state index contributed by atoms with van der Waals surface area (Å²) >= 11 is 5.88. The Bertz CT molecular complexity index is 984. The van der Waals surface area contributed by atoms with Gasteiger partial charge in [0.15, 0.2) is 5.78 Å². The highest BCUT2D eigenvalue weighted by Gasteiger charge is 2.26. The van der Waals surface area contributed by atoms with E-state index in [1.807, 2.05) is 30.9 Å². The second-order valence-corrected chi connectivity index (χ2v) is 7.92. The van der Waals surface area contributed by atoms with E-state index in [2.05, 4.69) is 0 Å². The quantitative estimate of drug-likeness (QED) is 0.391. The number of nitro groups is 1. The molecule has 1 fully saturated rings. The van der Waals surface area contributed by atoms with Crippen LogP contribution in [0.3, 0.4) is 0 Å². The predicted molar refractivity (Wildman–Crippen MR) is 116 cm³/mol. The molecule has 0 N–H and O–H groups in total. The first-order valence-corrected chi connectivity index (χ1v) is 10.2. The molecule has 0 spiro atoms. The molecule has 30 heavy (non-hydrogen) atoms. The van der Waals surface area contributed by atoms with Crippen LogP contribution >= 0.6 is 11.6 Å². The molecular weight excluding hydrogens is 406 g/mol. The number of carbonyl (C=O) groups excluding carboxylic acids is 2. The van der Waals surface area contributed by atoms with Crippen LogP contribution in [0.5, 0.6) is 0 Å². The summed E-state index contributed by atoms with van der Waals surface area (Å²) < 4.78 is 0. The zero-order chi connectivity index (χ0) is 21.8. The van der Waals surface area contributed by atoms with Crippen molar-refractivity contribution >= 4 is 34.7 Å². The number of aryl methyl sites for hydroxylation is 2. The van der Waals surface area contributed by atoms with Gasteiger partial charge in [-0.1, -0.05) is 23.7 Å². The van der Waals surface area contributed by atoms with Gasteiger partial charge in [0, 0.05) is 55.7 Å². The monoisotopic (exact) mass is 429 g/mol. The number of nitrogens with zero attached hydrogens (tertiary/aromatic N) is 3. The van der Waals surface area contributed by atoms with Crippen molar-refractivity contribution < 1.29 is 14.5 Å². The second kappa shape index (κ2) is 9.26. The second-order valence-electron chi connectivity index (χ2n) is 7.48. The van der Waals surface area contributed by atoms with Gasteiger partial charge in [0.25, 0.3) is 5.69 Å². The van der Waals surface area contributed by atoms with Gasteiger partial charge in [0.1, 0.15) is 5.69 Å². The minimum absolute atomic E-state index is 0.0399. The van der Waals surface area contributed by atoms with Crippen molar-refractivity contribution in [2.24, 2.45) is 0 Å². The molecule has 0 unspecified atom stereocenters. The summed E-state index contributed by atoms with van der Waals surface area (Å²) in [4.78, 5) is 39.4. The number of carbonyl (C=O) groups is 2. The zero-order valence-corrected chi connectivity index (χ0v) is 17.8. The van der Waals surface area contributed by atoms with Crippen molar-refractivity contribution in [3.63, 3.8) is 0 Å². The smallest absolute Gasteiger partial charge is 0.294 e. The number of amides is 1. The predicted octanol–water partition coefficient (Wildman–Crippen LogP) is 4.18. The Morgan fingerprint density at radius 3 is 2.33 bits per heavy atom. The highest BCUT2D eigenvalue weighted by atomic mass is 35.5. The van der Waals surface area contributed by atoms with Crippen molar-refractivity contribution in [2.45, 2.75) is 26.7 Å². The highest BCUT2D eigenvalue weighted by Crippen LogP contribution is 2.31. The summed E-state index contributed by atoms with van der Waals surface area (Å²) in [7, 11) is 0. The van der Waals surface area contributed by atoms with E-state index in [-0.39, 0.29) is 30.2 Å². The Hall–Kier alpha value is -2.93. The fraction of sp³-hybridized carbons (Fsp3) is 0.364. The normalized spacial score (nSPS) is 14.0. The number of anilines is 1. The largest absolute Gasteiger partial charge is 0.362 e. The SMILES string of the molecule is Cc1ccc(C(=O)CCC(=O)N2CCN(c3ccc(Cl)cc3[N+](=O)[O-])CC2)cc1C. The lowest BCUT2D eigenvalue weighted by Gasteiger charge is -2.35. The van der Waals surface area contributed by atoms with Crippen molar-refractivity contribution in [3.05, 3.63) is 68.2 Å². The van der Waals surface area contributed by atoms with Crippen LogP contribution in [0.2, 0.25) is 5.02 Å². The number of Topliss-reactive ketones (excluding diaryl/α,β-unsaturated/α-hetero) is 1. The Morgan fingerprint density at radius 2 is 1.70 bits per heavy atom. The van der Waals surface area contributed by atoms with Gasteiger partial charge in [0.2, 0.25) is 5.91 Å². The number of rotatable bonds is 6. The molecule has 1 amide bonds. The van der Waals surface area contributed by atoms with Crippen LogP contribution < -0.4 is 4.90 Å². The molecule has 1 saturated heterocycles. The van der Waals surface area contributed by atoms with E-state index in [4.69, 9.17) is 11.6 Å². The molecule has 1 aliphatic rings. The molecule has 0 aromatic heterocycles. The van der Waals surface area contributed by atoms with Gasteiger partial charge in [0.05, 0.1) is 4.92 Å². The Kier molecular flexibility index (Phi) is 6.72. The minimum atomic E-state index is -0.447. The number of nitro benzene ring substituents is 1. The van der Waals surface area contributed by atoms with Crippen LogP contribution in [0.25, 0.3) is 0 Å². The van der Waals surface area contributed by atoms with Crippen LogP contribution in [-0.4, -0.2) is 47.7 Å². The van der Waals surface area contributed by atoms with Crippen LogP contribution in [0.1, 0.15) is 34.3 Å². The van der Waals surface area contributed by atoms with E-state index in [1.54, 1.807) is 23.1 Å². The fourth-order valence-corrected chi connectivity index (χ4v) is 3.71. The number of halogens is 1. The fourth-order valence-electron chi connectivity index (χ4n) is 3.54. The van der Waals surface area contributed by atoms with E-state index < -0.39 is 4.92 Å². The number of ketones is 1. The van der Waals surface area contributed by atoms with Crippen LogP contribution in [0.15, 0.2) is 36.4 Å². The van der Waals surface area contributed by atoms with Crippen molar-refractivity contribution in [3.8, 4) is 0 Å². The summed E-state index contributed by atoms with van der Waals surface area (Å²) in [5.41, 5.74) is 3.27. The first kappa shape index (κ1) is 21.8. The minimum Gasteiger partial charge on any atom is -0.362 e. The molecule has 1 heterocycles. The average molecular weight is 430 g/mol. The van der Waals surface area contributed by atoms with Gasteiger partial charge in [-0.15, -0.1) is 0 Å². The summed E-state index contributed by atoms with van der Waals surface area (Å²) in [6, 6.07) is 10.2. The molecule has 1 aliphatic heterocycles. The van der Waals surface area contributed by atoms with E-state index in [0.29, 0.717) is 42.5 Å². The van der Waals surface area contributed by atoms with Gasteiger partial charge >= 0.3 is 0 Å². The number of hydrogen-bond donors (Lipinski definition) is 0. The van der Waals surface area contributed by atoms with Crippen LogP contribution in [-0.2, 0) is 4.79 Å². The molecule has 0 aliphatic carbocycles. The van der Waals surface area contributed by atoms with Crippen LogP contribution in [0, 0.1) is 24.0 Å². The number of hydrogen-bond acceptors (Lipinski definition) is 5. The number of benzene rings is 2. The van der Waals surface area contributed by atoms with E-state index in [0.717, 1.165) is 11.1 Å². The zero-order valence-electron chi connectivity index (χ0n) is 17.1. The summed E-state index contributed by atoms with van der Waals surface area (Å²) in [5, 5.41) is 11.6. The molecule has 0 atom stereocenters. The Balaban J connectivity index is 1.55. The molecule has 158 valence electrons. The summed E-state index contributed by atoms with van der Waals surface area (Å²) in [6.45, 7) is 5.83. The standard InChI is InChI=1S/C22H24ClN3O4/c1-15-3-4-17(13-16(15)2)21(27)7-8-22(28)25-11-9-24(10-12-25)19-6-5-18(23)14-20(19)26(29)30/h3-6,13-14H,7-12H2,1-2H3. The van der Waals surface area contributed by atoms with E-state index in [1.165, 1.54) is 6.07 Å². The van der Waals surface area contributed by atoms with Gasteiger partial charge in [-0.2, -0.15) is 0 Å². The molecule has 0 radical (unpaired) electrons. The third kappa shape index (κ3) is 4.97. The van der Waals surface area contributed by atoms with Gasteiger partial charge in [-0.05, 0) is 43.2 Å². The highest BCUT2D eigenvalue weighted by molar-refractivity contribution is 6.30. The molecule has 7 nitrogen and oxygen atoms in total. The van der Waals surface area contributed by atoms with E-state index in [9.17, 15) is 19.7 Å².